The molecule has 1 aliphatic heterocycles. The van der Waals surface area contributed by atoms with Gasteiger partial charge >= 0.3 is 0 Å². The molecule has 2 unspecified atom stereocenters. The van der Waals surface area contributed by atoms with E-state index in [4.69, 9.17) is 0 Å². The molecule has 1 aliphatic carbocycles. The summed E-state index contributed by atoms with van der Waals surface area (Å²) in [6, 6.07) is 9.90. The van der Waals surface area contributed by atoms with Gasteiger partial charge in [-0.05, 0) is 63.1 Å². The van der Waals surface area contributed by atoms with E-state index < -0.39 is 0 Å². The third-order valence-corrected chi connectivity index (χ3v) is 5.40. The van der Waals surface area contributed by atoms with Crippen LogP contribution in [0.3, 0.4) is 0 Å². The van der Waals surface area contributed by atoms with Crippen LogP contribution in [0.5, 0.6) is 0 Å². The quantitative estimate of drug-likeness (QED) is 0.880. The van der Waals surface area contributed by atoms with Crippen LogP contribution in [0.15, 0.2) is 24.3 Å². The van der Waals surface area contributed by atoms with Gasteiger partial charge in [-0.2, -0.15) is 0 Å². The van der Waals surface area contributed by atoms with Crippen LogP contribution in [-0.4, -0.2) is 24.7 Å². The molecule has 2 atom stereocenters. The number of hydrogen-bond acceptors (Lipinski definition) is 2. The average Bonchev–Trinajstić information content (AvgIpc) is 3.34. The maximum Gasteiger partial charge on any atom is 0.0387 e. The Balaban J connectivity index is 1.71. The zero-order valence-corrected chi connectivity index (χ0v) is 13.9. The molecule has 3 rings (SSSR count). The minimum atomic E-state index is 0.313. The topological polar surface area (TPSA) is 15.3 Å². The molecule has 1 heterocycles. The van der Waals surface area contributed by atoms with Crippen LogP contribution < -0.4 is 10.2 Å². The van der Waals surface area contributed by atoms with Gasteiger partial charge in [-0.1, -0.05) is 25.5 Å². The molecule has 1 saturated heterocycles. The number of unbranched alkanes of at least 4 members (excludes halogenated alkanes) is 1. The van der Waals surface area contributed by atoms with Crippen molar-refractivity contribution >= 4 is 5.69 Å². The second-order valence-corrected chi connectivity index (χ2v) is 7.32. The SMILES string of the molecule is CCCCc1ccc(N2CC(C)(C3CC3)NCC2C)cc1. The highest BCUT2D eigenvalue weighted by Crippen LogP contribution is 2.42. The molecule has 2 nitrogen and oxygen atoms in total. The number of nitrogens with one attached hydrogen (secondary N) is 1. The third kappa shape index (κ3) is 3.26. The smallest absolute Gasteiger partial charge is 0.0387 e. The van der Waals surface area contributed by atoms with Crippen LogP contribution in [0.1, 0.15) is 52.0 Å². The van der Waals surface area contributed by atoms with Gasteiger partial charge in [-0.25, -0.2) is 0 Å². The highest BCUT2D eigenvalue weighted by Gasteiger charge is 2.45. The molecule has 0 spiro atoms. The van der Waals surface area contributed by atoms with E-state index in [0.29, 0.717) is 11.6 Å². The van der Waals surface area contributed by atoms with E-state index in [1.54, 1.807) is 0 Å². The van der Waals surface area contributed by atoms with E-state index in [1.807, 2.05) is 0 Å². The Morgan fingerprint density at radius 3 is 2.57 bits per heavy atom. The first-order chi connectivity index (χ1) is 10.1. The number of aryl methyl sites for hydroxylation is 1. The highest BCUT2D eigenvalue weighted by molar-refractivity contribution is 5.50. The van der Waals surface area contributed by atoms with Crippen molar-refractivity contribution in [3.8, 4) is 0 Å². The van der Waals surface area contributed by atoms with Crippen molar-refractivity contribution in [2.45, 2.75) is 64.5 Å². The van der Waals surface area contributed by atoms with Gasteiger partial charge in [-0.3, -0.25) is 0 Å². The summed E-state index contributed by atoms with van der Waals surface area (Å²) in [6.45, 7) is 9.26. The Hall–Kier alpha value is -1.02. The fraction of sp³-hybridized carbons (Fsp3) is 0.684. The van der Waals surface area contributed by atoms with Crippen LogP contribution in [0.25, 0.3) is 0 Å². The third-order valence-electron chi connectivity index (χ3n) is 5.40. The zero-order chi connectivity index (χ0) is 14.9. The number of benzene rings is 1. The Kier molecular flexibility index (Phi) is 4.26. The summed E-state index contributed by atoms with van der Waals surface area (Å²) >= 11 is 0. The number of rotatable bonds is 5. The fourth-order valence-electron chi connectivity index (χ4n) is 3.63. The minimum absolute atomic E-state index is 0.313. The van der Waals surface area contributed by atoms with E-state index in [1.165, 1.54) is 43.4 Å². The van der Waals surface area contributed by atoms with Crippen LogP contribution in [-0.2, 0) is 6.42 Å². The lowest BCUT2D eigenvalue weighted by molar-refractivity contribution is 0.261. The second-order valence-electron chi connectivity index (χ2n) is 7.32. The molecule has 21 heavy (non-hydrogen) atoms. The van der Waals surface area contributed by atoms with Crippen molar-refractivity contribution < 1.29 is 0 Å². The maximum atomic E-state index is 3.80. The molecule has 1 aromatic rings. The summed E-state index contributed by atoms with van der Waals surface area (Å²) < 4.78 is 0. The van der Waals surface area contributed by atoms with E-state index in [-0.39, 0.29) is 0 Å². The molecule has 1 N–H and O–H groups in total. The minimum Gasteiger partial charge on any atom is -0.366 e. The van der Waals surface area contributed by atoms with Crippen molar-refractivity contribution in [2.75, 3.05) is 18.0 Å². The van der Waals surface area contributed by atoms with Crippen molar-refractivity contribution in [1.82, 2.24) is 5.32 Å². The summed E-state index contributed by atoms with van der Waals surface area (Å²) in [5.41, 5.74) is 3.19. The standard InChI is InChI=1S/C19H30N2/c1-4-5-6-16-7-11-18(12-8-16)21-14-19(3,17-9-10-17)20-13-15(21)2/h7-8,11-12,15,17,20H,4-6,9-10,13-14H2,1-3H3. The number of piperazine rings is 1. The Morgan fingerprint density at radius 2 is 1.95 bits per heavy atom. The lowest BCUT2D eigenvalue weighted by Crippen LogP contribution is -2.63. The van der Waals surface area contributed by atoms with Gasteiger partial charge in [0.1, 0.15) is 0 Å². The maximum absolute atomic E-state index is 3.80. The van der Waals surface area contributed by atoms with Crippen LogP contribution >= 0.6 is 0 Å². The van der Waals surface area contributed by atoms with Crippen LogP contribution in [0, 0.1) is 5.92 Å². The lowest BCUT2D eigenvalue weighted by atomic mass is 9.90. The second kappa shape index (κ2) is 6.00. The van der Waals surface area contributed by atoms with Gasteiger partial charge in [-0.15, -0.1) is 0 Å². The molecule has 1 aromatic carbocycles. The van der Waals surface area contributed by atoms with Crippen molar-refractivity contribution in [3.63, 3.8) is 0 Å². The van der Waals surface area contributed by atoms with E-state index in [9.17, 15) is 0 Å². The summed E-state index contributed by atoms with van der Waals surface area (Å²) in [4.78, 5) is 2.61. The molecular weight excluding hydrogens is 256 g/mol. The zero-order valence-electron chi connectivity index (χ0n) is 13.9. The number of anilines is 1. The molecule has 0 bridgehead atoms. The molecule has 0 radical (unpaired) electrons. The molecule has 0 amide bonds. The van der Waals surface area contributed by atoms with E-state index >= 15 is 0 Å². The molecule has 0 aromatic heterocycles. The van der Waals surface area contributed by atoms with Gasteiger partial charge in [0.05, 0.1) is 0 Å². The summed E-state index contributed by atoms with van der Waals surface area (Å²) in [5, 5.41) is 3.80. The Morgan fingerprint density at radius 1 is 1.24 bits per heavy atom. The number of hydrogen-bond donors (Lipinski definition) is 1. The molecule has 116 valence electrons. The van der Waals surface area contributed by atoms with Crippen molar-refractivity contribution in [2.24, 2.45) is 5.92 Å². The van der Waals surface area contributed by atoms with E-state index in [2.05, 4.69) is 55.3 Å². The predicted octanol–water partition coefficient (Wildman–Crippen LogP) is 4.00. The number of nitrogens with zero attached hydrogens (tertiary/aromatic N) is 1. The largest absolute Gasteiger partial charge is 0.366 e. The van der Waals surface area contributed by atoms with Crippen LogP contribution in [0.2, 0.25) is 0 Å². The predicted molar refractivity (Wildman–Crippen MR) is 91.0 cm³/mol. The average molecular weight is 286 g/mol. The lowest BCUT2D eigenvalue weighted by Gasteiger charge is -2.47. The first-order valence-corrected chi connectivity index (χ1v) is 8.73. The van der Waals surface area contributed by atoms with Crippen molar-refractivity contribution in [1.29, 1.82) is 0 Å². The fourth-order valence-corrected chi connectivity index (χ4v) is 3.63. The monoisotopic (exact) mass is 286 g/mol. The highest BCUT2D eigenvalue weighted by atomic mass is 15.3. The van der Waals surface area contributed by atoms with Gasteiger partial charge in [0.25, 0.3) is 0 Å². The summed E-state index contributed by atoms with van der Waals surface area (Å²) in [6.07, 6.45) is 6.59. The van der Waals surface area contributed by atoms with Gasteiger partial charge < -0.3 is 10.2 Å². The first-order valence-electron chi connectivity index (χ1n) is 8.73. The molecule has 2 aliphatic rings. The summed E-state index contributed by atoms with van der Waals surface area (Å²) in [5.74, 6) is 0.885. The Labute approximate surface area is 129 Å². The normalized spacial score (nSPS) is 29.7. The molecule has 2 heteroatoms. The van der Waals surface area contributed by atoms with Gasteiger partial charge in [0.2, 0.25) is 0 Å². The van der Waals surface area contributed by atoms with Gasteiger partial charge in [0.15, 0.2) is 0 Å². The van der Waals surface area contributed by atoms with Crippen LogP contribution in [0.4, 0.5) is 5.69 Å². The molecule has 1 saturated carbocycles. The van der Waals surface area contributed by atoms with Gasteiger partial charge in [0, 0.05) is 30.4 Å². The Bertz CT molecular complexity index is 463. The summed E-state index contributed by atoms with van der Waals surface area (Å²) in [7, 11) is 0. The van der Waals surface area contributed by atoms with Crippen molar-refractivity contribution in [3.05, 3.63) is 29.8 Å². The molecular formula is C19H30N2. The van der Waals surface area contributed by atoms with E-state index in [0.717, 1.165) is 19.0 Å². The molecule has 2 fully saturated rings. The first kappa shape index (κ1) is 14.9.